The Hall–Kier alpha value is -0.297. The molecule has 0 saturated carbocycles. The number of halogens is 2. The van der Waals surface area contributed by atoms with Crippen molar-refractivity contribution in [2.75, 3.05) is 0 Å². The van der Waals surface area contributed by atoms with Gasteiger partial charge in [-0.2, -0.15) is 12.2 Å². The molecule has 3 heteroatoms. The number of hydrogen-bond acceptors (Lipinski definition) is 0. The second-order valence-corrected chi connectivity index (χ2v) is 3.32. The van der Waals surface area contributed by atoms with E-state index in [0.29, 0.717) is 0 Å². The van der Waals surface area contributed by atoms with Crippen LogP contribution in [0.5, 0.6) is 0 Å². The topological polar surface area (TPSA) is 0 Å². The van der Waals surface area contributed by atoms with Crippen LogP contribution in [0.3, 0.4) is 0 Å². The van der Waals surface area contributed by atoms with Crippen molar-refractivity contribution >= 4 is 0 Å². The maximum absolute atomic E-state index is 3.21. The normalized spacial score (nSPS) is 14.5. The van der Waals surface area contributed by atoms with Crippen LogP contribution in [0, 0.1) is 12.2 Å². The minimum atomic E-state index is 0. The Balaban J connectivity index is -0.000000196. The zero-order valence-corrected chi connectivity index (χ0v) is 12.9. The Labute approximate surface area is 122 Å². The smallest absolute Gasteiger partial charge is 1.00 e. The molecule has 0 unspecified atom stereocenters. The molecular formula is C14H18F2Zr. The number of allylic oxidation sites excluding steroid dienone is 8. The minimum Gasteiger partial charge on any atom is -1.00 e. The monoisotopic (exact) mass is 314 g/mol. The molecule has 0 aromatic carbocycles. The Morgan fingerprint density at radius 3 is 1.35 bits per heavy atom. The molecule has 0 N–H and O–H groups in total. The van der Waals surface area contributed by atoms with Crippen molar-refractivity contribution in [3.05, 3.63) is 47.6 Å². The van der Waals surface area contributed by atoms with Gasteiger partial charge in [-0.15, -0.1) is 12.8 Å². The van der Waals surface area contributed by atoms with Gasteiger partial charge in [0.1, 0.15) is 0 Å². The van der Waals surface area contributed by atoms with Crippen molar-refractivity contribution in [3.8, 4) is 0 Å². The fourth-order valence-electron chi connectivity index (χ4n) is 1.39. The molecule has 0 radical (unpaired) electrons. The van der Waals surface area contributed by atoms with E-state index < -0.39 is 0 Å². The SMILES string of the molecule is CCC1=[C-]CC=C1.CCC1=[C-]CC=C1.[F-].[F-].[Zr+4]. The van der Waals surface area contributed by atoms with Crippen LogP contribution in [0.1, 0.15) is 39.5 Å². The van der Waals surface area contributed by atoms with E-state index in [0.717, 1.165) is 25.7 Å². The molecular weight excluding hydrogens is 297 g/mol. The third kappa shape index (κ3) is 9.41. The van der Waals surface area contributed by atoms with Gasteiger partial charge in [0.15, 0.2) is 0 Å². The van der Waals surface area contributed by atoms with Crippen molar-refractivity contribution in [1.82, 2.24) is 0 Å². The zero-order valence-electron chi connectivity index (χ0n) is 10.4. The van der Waals surface area contributed by atoms with E-state index in [2.05, 4.69) is 50.3 Å². The van der Waals surface area contributed by atoms with Crippen molar-refractivity contribution in [2.45, 2.75) is 39.5 Å². The van der Waals surface area contributed by atoms with Crippen LogP contribution < -0.4 is 9.41 Å². The van der Waals surface area contributed by atoms with Gasteiger partial charge in [-0.1, -0.05) is 26.7 Å². The molecule has 0 spiro atoms. The fraction of sp³-hybridized carbons (Fsp3) is 0.429. The standard InChI is InChI=1S/2C7H9.2FH.Zr/c2*1-2-7-5-3-4-6-7;;;/h2*3,5H,2,4H2,1H3;2*1H;/q2*-1;;;+4/p-2. The van der Waals surface area contributed by atoms with E-state index in [4.69, 9.17) is 0 Å². The maximum atomic E-state index is 3.21. The summed E-state index contributed by atoms with van der Waals surface area (Å²) in [6.45, 7) is 4.30. The van der Waals surface area contributed by atoms with Crippen LogP contribution in [0.2, 0.25) is 0 Å². The van der Waals surface area contributed by atoms with E-state index in [1.165, 1.54) is 11.1 Å². The summed E-state index contributed by atoms with van der Waals surface area (Å²) < 4.78 is 0. The Morgan fingerprint density at radius 2 is 1.24 bits per heavy atom. The Kier molecular flexibility index (Phi) is 17.8. The molecule has 0 saturated heterocycles. The molecule has 0 heterocycles. The molecule has 0 atom stereocenters. The maximum Gasteiger partial charge on any atom is 4.00 e. The fourth-order valence-corrected chi connectivity index (χ4v) is 1.39. The summed E-state index contributed by atoms with van der Waals surface area (Å²) in [7, 11) is 0. The quantitative estimate of drug-likeness (QED) is 0.527. The van der Waals surface area contributed by atoms with Crippen LogP contribution in [0.15, 0.2) is 35.5 Å². The first-order valence-electron chi connectivity index (χ1n) is 5.39. The molecule has 0 aromatic heterocycles. The first-order valence-corrected chi connectivity index (χ1v) is 5.39. The number of rotatable bonds is 2. The molecule has 2 aliphatic rings. The summed E-state index contributed by atoms with van der Waals surface area (Å²) in [5.41, 5.74) is 2.72. The van der Waals surface area contributed by atoms with Gasteiger partial charge in [0, 0.05) is 0 Å². The van der Waals surface area contributed by atoms with Gasteiger partial charge in [0.25, 0.3) is 0 Å². The third-order valence-electron chi connectivity index (χ3n) is 2.29. The van der Waals surface area contributed by atoms with Crippen LogP contribution >= 0.6 is 0 Å². The van der Waals surface area contributed by atoms with Crippen molar-refractivity contribution in [3.63, 3.8) is 0 Å². The van der Waals surface area contributed by atoms with Gasteiger partial charge in [0.05, 0.1) is 0 Å². The van der Waals surface area contributed by atoms with Crippen molar-refractivity contribution < 1.29 is 35.6 Å². The van der Waals surface area contributed by atoms with Crippen LogP contribution in [-0.4, -0.2) is 0 Å². The molecule has 92 valence electrons. The Morgan fingerprint density at radius 1 is 0.882 bits per heavy atom. The van der Waals surface area contributed by atoms with Crippen molar-refractivity contribution in [2.24, 2.45) is 0 Å². The predicted molar refractivity (Wildman–Crippen MR) is 61.6 cm³/mol. The van der Waals surface area contributed by atoms with Gasteiger partial charge in [-0.25, -0.2) is 23.3 Å². The van der Waals surface area contributed by atoms with Gasteiger partial charge in [0.2, 0.25) is 0 Å². The summed E-state index contributed by atoms with van der Waals surface area (Å²) in [4.78, 5) is 0. The molecule has 0 aromatic rings. The third-order valence-corrected chi connectivity index (χ3v) is 2.29. The minimum absolute atomic E-state index is 0. The van der Waals surface area contributed by atoms with Crippen LogP contribution in [0.4, 0.5) is 0 Å². The van der Waals surface area contributed by atoms with Gasteiger partial charge in [-0.3, -0.25) is 12.2 Å². The van der Waals surface area contributed by atoms with Crippen LogP contribution in [0.25, 0.3) is 0 Å². The average Bonchev–Trinajstić information content (AvgIpc) is 2.92. The van der Waals surface area contributed by atoms with E-state index in [-0.39, 0.29) is 35.6 Å². The second kappa shape index (κ2) is 13.8. The largest absolute Gasteiger partial charge is 4.00 e. The molecule has 0 amide bonds. The summed E-state index contributed by atoms with van der Waals surface area (Å²) in [5.74, 6) is 0. The number of hydrogen-bond donors (Lipinski definition) is 0. The summed E-state index contributed by atoms with van der Waals surface area (Å²) in [6, 6.07) is 0. The van der Waals surface area contributed by atoms with E-state index in [1.807, 2.05) is 0 Å². The van der Waals surface area contributed by atoms with E-state index in [9.17, 15) is 0 Å². The van der Waals surface area contributed by atoms with Gasteiger partial charge >= 0.3 is 26.2 Å². The molecule has 0 nitrogen and oxygen atoms in total. The molecule has 17 heavy (non-hydrogen) atoms. The van der Waals surface area contributed by atoms with E-state index >= 15 is 0 Å². The summed E-state index contributed by atoms with van der Waals surface area (Å²) in [6.07, 6.45) is 19.3. The average molecular weight is 316 g/mol. The van der Waals surface area contributed by atoms with Crippen LogP contribution in [-0.2, 0) is 26.2 Å². The molecule has 0 fully saturated rings. The first-order chi connectivity index (χ1) is 6.86. The summed E-state index contributed by atoms with van der Waals surface area (Å²) >= 11 is 0. The first kappa shape index (κ1) is 21.9. The molecule has 0 bridgehead atoms. The molecule has 0 aliphatic heterocycles. The predicted octanol–water partition coefficient (Wildman–Crippen LogP) is -1.82. The Bertz CT molecular complexity index is 259. The van der Waals surface area contributed by atoms with E-state index in [1.54, 1.807) is 0 Å². The zero-order chi connectivity index (χ0) is 10.2. The van der Waals surface area contributed by atoms with Crippen molar-refractivity contribution in [1.29, 1.82) is 0 Å². The molecule has 2 aliphatic carbocycles. The van der Waals surface area contributed by atoms with Gasteiger partial charge in [-0.05, 0) is 0 Å². The summed E-state index contributed by atoms with van der Waals surface area (Å²) in [5, 5.41) is 0. The second-order valence-electron chi connectivity index (χ2n) is 3.32. The van der Waals surface area contributed by atoms with Gasteiger partial charge < -0.3 is 9.41 Å². The molecule has 2 rings (SSSR count).